The summed E-state index contributed by atoms with van der Waals surface area (Å²) in [7, 11) is 1.62. The van der Waals surface area contributed by atoms with Crippen molar-refractivity contribution in [3.63, 3.8) is 0 Å². The Hall–Kier alpha value is -5.07. The number of halogens is 1. The van der Waals surface area contributed by atoms with E-state index in [1.165, 1.54) is 10.7 Å². The topological polar surface area (TPSA) is 145 Å². The maximum Gasteiger partial charge on any atom is 0.410 e. The molecule has 3 heterocycles. The predicted molar refractivity (Wildman–Crippen MR) is 165 cm³/mol. The lowest BCUT2D eigenvalue weighted by atomic mass is 9.90. The summed E-state index contributed by atoms with van der Waals surface area (Å²) in [4.78, 5) is 25.3. The number of rotatable bonds is 8. The van der Waals surface area contributed by atoms with E-state index in [0.717, 1.165) is 16.9 Å². The summed E-state index contributed by atoms with van der Waals surface area (Å²) in [6.45, 7) is 9.40. The molecule has 1 amide bonds. The molecule has 0 radical (unpaired) electrons. The molecule has 2 aromatic heterocycles. The van der Waals surface area contributed by atoms with E-state index in [9.17, 15) is 15.3 Å². The number of ether oxygens (including phenoxy) is 2. The van der Waals surface area contributed by atoms with Crippen LogP contribution in [0.25, 0.3) is 5.65 Å². The fourth-order valence-electron chi connectivity index (χ4n) is 4.87. The van der Waals surface area contributed by atoms with Crippen LogP contribution in [0, 0.1) is 22.7 Å². The summed E-state index contributed by atoms with van der Waals surface area (Å²) in [5, 5.41) is 27.6. The summed E-state index contributed by atoms with van der Waals surface area (Å²) in [5.41, 5.74) is 2.64. The van der Waals surface area contributed by atoms with Crippen LogP contribution >= 0.6 is 11.6 Å². The molecule has 1 saturated heterocycles. The van der Waals surface area contributed by atoms with E-state index >= 15 is 0 Å². The van der Waals surface area contributed by atoms with Crippen LogP contribution in [0.2, 0.25) is 5.02 Å². The molecule has 0 unspecified atom stereocenters. The molecule has 12 nitrogen and oxygen atoms in total. The summed E-state index contributed by atoms with van der Waals surface area (Å²) in [6, 6.07) is 15.4. The molecule has 0 aliphatic carbocycles. The smallest absolute Gasteiger partial charge is 0.410 e. The van der Waals surface area contributed by atoms with Crippen LogP contribution in [0.3, 0.4) is 0 Å². The Morgan fingerprint density at radius 3 is 2.52 bits per heavy atom. The molecule has 0 bridgehead atoms. The number of carbonyl (C=O) groups is 1. The molecular weight excluding hydrogens is 582 g/mol. The maximum atomic E-state index is 12.5. The SMILES string of the molecule is CCN(Cc1ccc(OC)cc1)c1nc(Nc2cc(C#N)cc(C3CN(C(=O)OC(C)(C)C)C3)c2Cl)nn2c(C#N)cnc12. The maximum absolute atomic E-state index is 12.5. The molecule has 0 saturated carbocycles. The van der Waals surface area contributed by atoms with Crippen molar-refractivity contribution in [2.45, 2.75) is 45.8 Å². The lowest BCUT2D eigenvalue weighted by molar-refractivity contribution is 0.00820. The largest absolute Gasteiger partial charge is 0.497 e. The number of fused-ring (bicyclic) bond motifs is 1. The minimum absolute atomic E-state index is 0.0817. The van der Waals surface area contributed by atoms with Gasteiger partial charge < -0.3 is 24.6 Å². The average molecular weight is 614 g/mol. The van der Waals surface area contributed by atoms with E-state index < -0.39 is 11.7 Å². The zero-order chi connectivity index (χ0) is 31.6. The number of hydrogen-bond acceptors (Lipinski definition) is 10. The molecule has 0 atom stereocenters. The Bertz CT molecular complexity index is 1780. The molecule has 44 heavy (non-hydrogen) atoms. The van der Waals surface area contributed by atoms with Crippen molar-refractivity contribution in [1.82, 2.24) is 24.5 Å². The van der Waals surface area contributed by atoms with Crippen molar-refractivity contribution in [2.24, 2.45) is 0 Å². The van der Waals surface area contributed by atoms with Gasteiger partial charge in [0.1, 0.15) is 17.4 Å². The fraction of sp³-hybridized carbons (Fsp3) is 0.355. The molecule has 1 N–H and O–H groups in total. The van der Waals surface area contributed by atoms with Gasteiger partial charge in [-0.25, -0.2) is 9.78 Å². The van der Waals surface area contributed by atoms with Gasteiger partial charge in [0.2, 0.25) is 5.95 Å². The van der Waals surface area contributed by atoms with Gasteiger partial charge in [0.15, 0.2) is 17.2 Å². The first-order valence-corrected chi connectivity index (χ1v) is 14.4. The van der Waals surface area contributed by atoms with Crippen LogP contribution in [-0.2, 0) is 11.3 Å². The monoisotopic (exact) mass is 613 g/mol. The van der Waals surface area contributed by atoms with Gasteiger partial charge in [-0.15, -0.1) is 5.10 Å². The highest BCUT2D eigenvalue weighted by atomic mass is 35.5. The number of hydrogen-bond donors (Lipinski definition) is 1. The molecule has 226 valence electrons. The highest BCUT2D eigenvalue weighted by Gasteiger charge is 2.36. The summed E-state index contributed by atoms with van der Waals surface area (Å²) in [6.07, 6.45) is 1.06. The number of methoxy groups -OCH3 is 1. The number of anilines is 3. The van der Waals surface area contributed by atoms with Gasteiger partial charge in [0, 0.05) is 32.1 Å². The highest BCUT2D eigenvalue weighted by Crippen LogP contribution is 2.38. The van der Waals surface area contributed by atoms with E-state index in [0.29, 0.717) is 53.9 Å². The lowest BCUT2D eigenvalue weighted by Crippen LogP contribution is -2.50. The number of likely N-dealkylation sites (tertiary alicyclic amines) is 1. The van der Waals surface area contributed by atoms with Crippen molar-refractivity contribution in [1.29, 1.82) is 10.5 Å². The minimum atomic E-state index is -0.597. The minimum Gasteiger partial charge on any atom is -0.497 e. The molecule has 1 aliphatic rings. The quantitative estimate of drug-likeness (QED) is 0.265. The number of nitrogens with zero attached hydrogens (tertiary/aromatic N) is 8. The molecule has 13 heteroatoms. The van der Waals surface area contributed by atoms with Crippen LogP contribution in [-0.4, -0.2) is 62.9 Å². The van der Waals surface area contributed by atoms with Crippen molar-refractivity contribution < 1.29 is 14.3 Å². The second kappa shape index (κ2) is 12.3. The second-order valence-electron chi connectivity index (χ2n) is 11.4. The highest BCUT2D eigenvalue weighted by molar-refractivity contribution is 6.34. The van der Waals surface area contributed by atoms with Gasteiger partial charge in [0.25, 0.3) is 0 Å². The summed E-state index contributed by atoms with van der Waals surface area (Å²) < 4.78 is 12.2. The van der Waals surface area contributed by atoms with Gasteiger partial charge in [-0.05, 0) is 63.1 Å². The molecule has 1 aliphatic heterocycles. The zero-order valence-corrected chi connectivity index (χ0v) is 25.9. The molecule has 2 aromatic carbocycles. The molecule has 5 rings (SSSR count). The van der Waals surface area contributed by atoms with Crippen molar-refractivity contribution >= 4 is 40.8 Å². The van der Waals surface area contributed by atoms with E-state index in [1.54, 1.807) is 24.1 Å². The first-order chi connectivity index (χ1) is 21.0. The van der Waals surface area contributed by atoms with Crippen LogP contribution in [0.5, 0.6) is 5.75 Å². The third-order valence-corrected chi connectivity index (χ3v) is 7.54. The Morgan fingerprint density at radius 1 is 1.18 bits per heavy atom. The van der Waals surface area contributed by atoms with Gasteiger partial charge in [-0.2, -0.15) is 20.0 Å². The van der Waals surface area contributed by atoms with Gasteiger partial charge in [-0.1, -0.05) is 23.7 Å². The molecule has 4 aromatic rings. The third kappa shape index (κ3) is 6.31. The molecule has 0 spiro atoms. The first kappa shape index (κ1) is 30.4. The van der Waals surface area contributed by atoms with Gasteiger partial charge >= 0.3 is 6.09 Å². The van der Waals surface area contributed by atoms with E-state index in [2.05, 4.69) is 27.5 Å². The predicted octanol–water partition coefficient (Wildman–Crippen LogP) is 5.63. The number of imidazole rings is 1. The number of amides is 1. The summed E-state index contributed by atoms with van der Waals surface area (Å²) >= 11 is 6.89. The van der Waals surface area contributed by atoms with E-state index in [1.807, 2.05) is 56.9 Å². The van der Waals surface area contributed by atoms with Crippen molar-refractivity contribution in [3.8, 4) is 17.9 Å². The number of aromatic nitrogens is 4. The molecule has 1 fully saturated rings. The van der Waals surface area contributed by atoms with E-state index in [-0.39, 0.29) is 17.6 Å². The van der Waals surface area contributed by atoms with Gasteiger partial charge in [-0.3, -0.25) is 0 Å². The summed E-state index contributed by atoms with van der Waals surface area (Å²) in [5.74, 6) is 1.36. The normalized spacial score (nSPS) is 13.1. The first-order valence-electron chi connectivity index (χ1n) is 14.1. The molecular formula is C31H32ClN9O3. The lowest BCUT2D eigenvalue weighted by Gasteiger charge is -2.40. The van der Waals surface area contributed by atoms with E-state index in [4.69, 9.17) is 26.1 Å². The number of carbonyl (C=O) groups excluding carboxylic acids is 1. The van der Waals surface area contributed by atoms with Crippen molar-refractivity contribution in [2.75, 3.05) is 37.0 Å². The second-order valence-corrected chi connectivity index (χ2v) is 11.7. The standard InChI is InChI=1S/C31H32ClN9O3/c1-6-39(16-19-7-9-23(43-5)10-8-19)28-27-35-15-22(14-34)41(27)38-29(37-28)36-25-12-20(13-33)11-24(26(25)32)21-17-40(18-21)30(42)44-31(2,3)4/h7-12,15,21H,6,16-18H2,1-5H3,(H,36,38). The Balaban J connectivity index is 1.47. The Kier molecular flexibility index (Phi) is 8.47. The Labute approximate surface area is 260 Å². The number of nitriles is 2. The average Bonchev–Trinajstić information content (AvgIpc) is 3.39. The van der Waals surface area contributed by atoms with Crippen LogP contribution in [0.15, 0.2) is 42.6 Å². The number of nitrogens with one attached hydrogen (secondary N) is 1. The van der Waals surface area contributed by atoms with Crippen LogP contribution in [0.1, 0.15) is 56.0 Å². The van der Waals surface area contributed by atoms with Crippen LogP contribution in [0.4, 0.5) is 22.2 Å². The Morgan fingerprint density at radius 2 is 1.91 bits per heavy atom. The zero-order valence-electron chi connectivity index (χ0n) is 25.1. The number of benzene rings is 2. The fourth-order valence-corrected chi connectivity index (χ4v) is 5.18. The van der Waals surface area contributed by atoms with Crippen LogP contribution < -0.4 is 15.0 Å². The van der Waals surface area contributed by atoms with Gasteiger partial charge in [0.05, 0.1) is 35.6 Å². The third-order valence-electron chi connectivity index (χ3n) is 7.12. The van der Waals surface area contributed by atoms with Crippen molar-refractivity contribution in [3.05, 3.63) is 70.0 Å².